The molecule has 1 aromatic heterocycles. The number of hydrogen-bond donors (Lipinski definition) is 0. The van der Waals surface area contributed by atoms with E-state index in [0.29, 0.717) is 10.9 Å². The molecule has 0 saturated heterocycles. The molecule has 0 amide bonds. The van der Waals surface area contributed by atoms with Crippen LogP contribution in [0.25, 0.3) is 0 Å². The molecule has 0 radical (unpaired) electrons. The quantitative estimate of drug-likeness (QED) is 0.782. The number of ether oxygens (including phenoxy) is 2. The molecule has 7 heteroatoms. The van der Waals surface area contributed by atoms with E-state index in [-0.39, 0.29) is 10.0 Å². The van der Waals surface area contributed by atoms with Crippen molar-refractivity contribution in [3.63, 3.8) is 0 Å². The summed E-state index contributed by atoms with van der Waals surface area (Å²) in [6.07, 6.45) is 0. The fourth-order valence-electron chi connectivity index (χ4n) is 1.18. The van der Waals surface area contributed by atoms with Gasteiger partial charge in [-0.1, -0.05) is 44.9 Å². The third-order valence-electron chi connectivity index (χ3n) is 1.94. The Bertz CT molecular complexity index is 587. The third kappa shape index (κ3) is 3.01. The largest absolute Gasteiger partial charge is 0.465 e. The first-order valence-corrected chi connectivity index (χ1v) is 6.77. The first kappa shape index (κ1) is 13.3. The summed E-state index contributed by atoms with van der Waals surface area (Å²) in [7, 11) is 1.28. The molecule has 18 heavy (non-hydrogen) atoms. The van der Waals surface area contributed by atoms with Crippen molar-refractivity contribution in [2.75, 3.05) is 7.11 Å². The van der Waals surface area contributed by atoms with Crippen LogP contribution in [-0.4, -0.2) is 18.1 Å². The van der Waals surface area contributed by atoms with E-state index in [1.807, 2.05) is 12.1 Å². The number of thiazole rings is 1. The predicted molar refractivity (Wildman–Crippen MR) is 72.7 cm³/mol. The highest BCUT2D eigenvalue weighted by Gasteiger charge is 2.18. The predicted octanol–water partition coefficient (Wildman–Crippen LogP) is 4.14. The minimum Gasteiger partial charge on any atom is -0.465 e. The van der Waals surface area contributed by atoms with Crippen LogP contribution in [0.1, 0.15) is 9.67 Å². The molecular weight excluding hydrogens is 342 g/mol. The topological polar surface area (TPSA) is 48.4 Å². The molecule has 0 bridgehead atoms. The van der Waals surface area contributed by atoms with E-state index < -0.39 is 5.97 Å². The number of carbonyl (C=O) groups is 1. The number of rotatable bonds is 3. The van der Waals surface area contributed by atoms with Crippen LogP contribution in [0.3, 0.4) is 0 Å². The first-order chi connectivity index (χ1) is 8.60. The van der Waals surface area contributed by atoms with E-state index in [4.69, 9.17) is 16.3 Å². The van der Waals surface area contributed by atoms with E-state index >= 15 is 0 Å². The molecule has 1 heterocycles. The van der Waals surface area contributed by atoms with E-state index in [1.165, 1.54) is 7.11 Å². The van der Waals surface area contributed by atoms with Gasteiger partial charge in [0.2, 0.25) is 0 Å². The van der Waals surface area contributed by atoms with Crippen LogP contribution < -0.4 is 4.74 Å². The van der Waals surface area contributed by atoms with Crippen LogP contribution in [0, 0.1) is 0 Å². The lowest BCUT2D eigenvalue weighted by atomic mass is 10.3. The minimum atomic E-state index is -0.526. The summed E-state index contributed by atoms with van der Waals surface area (Å²) >= 11 is 10.2. The van der Waals surface area contributed by atoms with Gasteiger partial charge in [-0.2, -0.15) is 4.98 Å². The van der Waals surface area contributed by atoms with Gasteiger partial charge < -0.3 is 9.47 Å². The Kier molecular flexibility index (Phi) is 4.21. The fourth-order valence-corrected chi connectivity index (χ4v) is 2.62. The number of hydrogen-bond acceptors (Lipinski definition) is 5. The van der Waals surface area contributed by atoms with Gasteiger partial charge in [-0.25, -0.2) is 4.79 Å². The van der Waals surface area contributed by atoms with Crippen molar-refractivity contribution >= 4 is 44.8 Å². The minimum absolute atomic E-state index is 0.0804. The molecular formula is C11H7BrClNO3S. The number of aromatic nitrogens is 1. The fraction of sp³-hybridized carbons (Fsp3) is 0.0909. The van der Waals surface area contributed by atoms with Gasteiger partial charge in [-0.05, 0) is 18.2 Å². The lowest BCUT2D eigenvalue weighted by molar-refractivity contribution is 0.0606. The summed E-state index contributed by atoms with van der Waals surface area (Å²) in [4.78, 5) is 15.5. The van der Waals surface area contributed by atoms with Gasteiger partial charge in [-0.3, -0.25) is 0 Å². The van der Waals surface area contributed by atoms with Gasteiger partial charge in [0.15, 0.2) is 10.0 Å². The molecule has 0 fully saturated rings. The number of nitrogens with zero attached hydrogens (tertiary/aromatic N) is 1. The lowest BCUT2D eigenvalue weighted by Crippen LogP contribution is -1.98. The summed E-state index contributed by atoms with van der Waals surface area (Å²) in [5, 5.41) is 0.371. The molecule has 2 aromatic rings. The van der Waals surface area contributed by atoms with Crippen LogP contribution in [-0.2, 0) is 4.74 Å². The molecule has 0 aliphatic carbocycles. The van der Waals surface area contributed by atoms with Gasteiger partial charge in [0.25, 0.3) is 5.19 Å². The Labute approximate surface area is 121 Å². The molecule has 0 aliphatic heterocycles. The van der Waals surface area contributed by atoms with Crippen LogP contribution in [0.2, 0.25) is 5.15 Å². The van der Waals surface area contributed by atoms with E-state index in [9.17, 15) is 4.79 Å². The van der Waals surface area contributed by atoms with Crippen molar-refractivity contribution in [1.29, 1.82) is 0 Å². The molecule has 0 atom stereocenters. The first-order valence-electron chi connectivity index (χ1n) is 4.78. The van der Waals surface area contributed by atoms with Crippen LogP contribution in [0.15, 0.2) is 28.7 Å². The molecule has 0 spiro atoms. The maximum Gasteiger partial charge on any atom is 0.351 e. The summed E-state index contributed by atoms with van der Waals surface area (Å²) in [5.74, 6) is 0.0767. The number of methoxy groups -OCH3 is 1. The Balaban J connectivity index is 2.23. The van der Waals surface area contributed by atoms with Crippen molar-refractivity contribution in [3.8, 4) is 10.9 Å². The third-order valence-corrected chi connectivity index (χ3v) is 3.73. The summed E-state index contributed by atoms with van der Waals surface area (Å²) in [5.41, 5.74) is 0. The Morgan fingerprint density at radius 1 is 1.50 bits per heavy atom. The van der Waals surface area contributed by atoms with Crippen molar-refractivity contribution in [2.24, 2.45) is 0 Å². The van der Waals surface area contributed by atoms with Crippen molar-refractivity contribution in [3.05, 3.63) is 38.8 Å². The molecule has 2 rings (SSSR count). The van der Waals surface area contributed by atoms with Gasteiger partial charge in [0.1, 0.15) is 5.75 Å². The van der Waals surface area contributed by atoms with E-state index in [2.05, 4.69) is 25.7 Å². The Hall–Kier alpha value is -1.11. The molecule has 0 saturated carbocycles. The zero-order chi connectivity index (χ0) is 13.1. The summed E-state index contributed by atoms with van der Waals surface area (Å²) in [6, 6.07) is 7.27. The number of benzene rings is 1. The zero-order valence-electron chi connectivity index (χ0n) is 9.15. The van der Waals surface area contributed by atoms with Gasteiger partial charge in [-0.15, -0.1) is 0 Å². The second-order valence-electron chi connectivity index (χ2n) is 3.15. The molecule has 94 valence electrons. The number of esters is 1. The van der Waals surface area contributed by atoms with Crippen molar-refractivity contribution in [2.45, 2.75) is 0 Å². The summed E-state index contributed by atoms with van der Waals surface area (Å²) in [6.45, 7) is 0. The van der Waals surface area contributed by atoms with E-state index in [1.54, 1.807) is 12.1 Å². The Morgan fingerprint density at radius 2 is 2.28 bits per heavy atom. The average Bonchev–Trinajstić information content (AvgIpc) is 2.69. The molecule has 0 N–H and O–H groups in total. The van der Waals surface area contributed by atoms with Crippen molar-refractivity contribution < 1.29 is 14.3 Å². The molecule has 0 aliphatic rings. The smallest absolute Gasteiger partial charge is 0.351 e. The second kappa shape index (κ2) is 5.69. The maximum absolute atomic E-state index is 11.4. The van der Waals surface area contributed by atoms with Gasteiger partial charge in [0, 0.05) is 4.47 Å². The standard InChI is InChI=1S/C11H7BrClNO3S/c1-16-10(15)8-9(13)14-11(18-8)17-7-4-2-3-6(12)5-7/h2-5H,1H3. The number of carbonyl (C=O) groups excluding carboxylic acids is 1. The Morgan fingerprint density at radius 3 is 2.94 bits per heavy atom. The highest BCUT2D eigenvalue weighted by atomic mass is 79.9. The normalized spacial score (nSPS) is 10.2. The van der Waals surface area contributed by atoms with Crippen LogP contribution in [0.5, 0.6) is 10.9 Å². The zero-order valence-corrected chi connectivity index (χ0v) is 12.3. The lowest BCUT2D eigenvalue weighted by Gasteiger charge is -2.00. The molecule has 1 aromatic carbocycles. The monoisotopic (exact) mass is 347 g/mol. The van der Waals surface area contributed by atoms with E-state index in [0.717, 1.165) is 15.8 Å². The maximum atomic E-state index is 11.4. The highest BCUT2D eigenvalue weighted by Crippen LogP contribution is 2.33. The van der Waals surface area contributed by atoms with Crippen LogP contribution >= 0.6 is 38.9 Å². The van der Waals surface area contributed by atoms with Crippen LogP contribution in [0.4, 0.5) is 0 Å². The van der Waals surface area contributed by atoms with Gasteiger partial charge in [0.05, 0.1) is 7.11 Å². The highest BCUT2D eigenvalue weighted by molar-refractivity contribution is 9.10. The molecule has 4 nitrogen and oxygen atoms in total. The second-order valence-corrected chi connectivity index (χ2v) is 5.39. The van der Waals surface area contributed by atoms with Crippen molar-refractivity contribution in [1.82, 2.24) is 4.98 Å². The molecule has 0 unspecified atom stereocenters. The SMILES string of the molecule is COC(=O)c1sc(Oc2cccc(Br)c2)nc1Cl. The number of halogens is 2. The average molecular weight is 349 g/mol. The van der Waals surface area contributed by atoms with Gasteiger partial charge >= 0.3 is 5.97 Å². The summed E-state index contributed by atoms with van der Waals surface area (Å²) < 4.78 is 11.0.